The smallest absolute Gasteiger partial charge is 0.369 e. The van der Waals surface area contributed by atoms with Crippen LogP contribution in [0.1, 0.15) is 12.5 Å². The second-order valence-electron chi connectivity index (χ2n) is 4.08. The van der Waals surface area contributed by atoms with Crippen molar-refractivity contribution in [2.45, 2.75) is 24.9 Å². The quantitative estimate of drug-likeness (QED) is 0.823. The normalized spacial score (nSPS) is 13.2. The van der Waals surface area contributed by atoms with Crippen LogP contribution in [0.5, 0.6) is 0 Å². The number of amides is 1. The largest absolute Gasteiger partial charge is 0.430 e. The van der Waals surface area contributed by atoms with Crippen molar-refractivity contribution in [3.8, 4) is 0 Å². The molecule has 1 amide bonds. The van der Waals surface area contributed by atoms with Crippen molar-refractivity contribution in [2.24, 2.45) is 0 Å². The fourth-order valence-corrected chi connectivity index (χ4v) is 1.52. The fourth-order valence-electron chi connectivity index (χ4n) is 1.52. The van der Waals surface area contributed by atoms with Crippen LogP contribution in [0, 0.1) is 5.82 Å². The third-order valence-electron chi connectivity index (χ3n) is 2.52. The van der Waals surface area contributed by atoms with Crippen LogP contribution in [-0.4, -0.2) is 23.4 Å². The minimum atomic E-state index is -6.10. The van der Waals surface area contributed by atoms with Gasteiger partial charge in [-0.1, -0.05) is 6.07 Å². The molecule has 0 saturated carbocycles. The number of anilines is 1. The third kappa shape index (κ3) is 3.09. The monoisotopic (exact) mass is 319 g/mol. The summed E-state index contributed by atoms with van der Waals surface area (Å²) in [6, 6.07) is 0.593. The zero-order valence-electron chi connectivity index (χ0n) is 10.2. The summed E-state index contributed by atoms with van der Waals surface area (Å²) in [5.74, 6) is -2.32. The van der Waals surface area contributed by atoms with Gasteiger partial charge in [0.2, 0.25) is 5.91 Å². The molecule has 0 aliphatic carbocycles. The molecule has 0 spiro atoms. The van der Waals surface area contributed by atoms with Crippen LogP contribution in [-0.2, 0) is 10.4 Å². The van der Waals surface area contributed by atoms with Gasteiger partial charge in [-0.05, 0) is 12.1 Å². The molecule has 0 aromatic heterocycles. The number of carbonyl (C=O) groups excluding carboxylic acids is 1. The molecule has 0 saturated heterocycles. The van der Waals surface area contributed by atoms with Crippen molar-refractivity contribution in [2.75, 3.05) is 5.32 Å². The van der Waals surface area contributed by atoms with Gasteiger partial charge in [0.15, 0.2) is 0 Å². The second kappa shape index (κ2) is 5.17. The van der Waals surface area contributed by atoms with E-state index in [0.29, 0.717) is 6.07 Å². The van der Waals surface area contributed by atoms with E-state index in [1.54, 1.807) is 0 Å². The summed E-state index contributed by atoms with van der Waals surface area (Å²) >= 11 is 0. The maximum atomic E-state index is 13.5. The number of rotatable bonds is 2. The first-order valence-corrected chi connectivity index (χ1v) is 5.24. The molecule has 1 aromatic rings. The molecule has 1 rings (SSSR count). The van der Waals surface area contributed by atoms with Crippen molar-refractivity contribution >= 4 is 11.6 Å². The van der Waals surface area contributed by atoms with Crippen molar-refractivity contribution in [1.82, 2.24) is 0 Å². The Balaban J connectivity index is 3.42. The number of aliphatic hydroxyl groups is 1. The number of hydrogen-bond donors (Lipinski definition) is 2. The summed E-state index contributed by atoms with van der Waals surface area (Å²) in [5, 5.41) is 10.9. The highest BCUT2D eigenvalue weighted by atomic mass is 19.4. The molecule has 0 unspecified atom stereocenters. The SMILES string of the molecule is CC(=O)Nc1ccc(C(O)(C(F)(F)F)C(F)(F)F)cc1F. The second-order valence-corrected chi connectivity index (χ2v) is 4.08. The Bertz CT molecular complexity index is 536. The van der Waals surface area contributed by atoms with Crippen LogP contribution in [0.3, 0.4) is 0 Å². The van der Waals surface area contributed by atoms with Gasteiger partial charge in [0.05, 0.1) is 5.69 Å². The standard InChI is InChI=1S/C11H8F7NO2/c1-5(20)19-8-3-2-6(4-7(8)12)9(21,10(13,14)15)11(16,17)18/h2-4,21H,1H3,(H,19,20). The van der Waals surface area contributed by atoms with Gasteiger partial charge in [-0.25, -0.2) is 4.39 Å². The summed E-state index contributed by atoms with van der Waals surface area (Å²) in [4.78, 5) is 10.7. The number of halogens is 7. The van der Waals surface area contributed by atoms with E-state index in [9.17, 15) is 35.5 Å². The summed E-state index contributed by atoms with van der Waals surface area (Å²) in [6.07, 6.45) is -12.2. The Morgan fingerprint density at radius 1 is 1.10 bits per heavy atom. The maximum absolute atomic E-state index is 13.5. The maximum Gasteiger partial charge on any atom is 0.430 e. The van der Waals surface area contributed by atoms with Crippen LogP contribution in [0.25, 0.3) is 0 Å². The van der Waals surface area contributed by atoms with E-state index in [-0.39, 0.29) is 12.1 Å². The topological polar surface area (TPSA) is 49.3 Å². The van der Waals surface area contributed by atoms with Gasteiger partial charge in [-0.3, -0.25) is 4.79 Å². The van der Waals surface area contributed by atoms with E-state index in [0.717, 1.165) is 6.92 Å². The highest BCUT2D eigenvalue weighted by Crippen LogP contribution is 2.50. The molecule has 3 nitrogen and oxygen atoms in total. The van der Waals surface area contributed by atoms with E-state index in [4.69, 9.17) is 5.11 Å². The predicted molar refractivity (Wildman–Crippen MR) is 56.7 cm³/mol. The molecule has 0 aliphatic heterocycles. The van der Waals surface area contributed by atoms with Gasteiger partial charge in [0.1, 0.15) is 5.82 Å². The average Bonchev–Trinajstić information content (AvgIpc) is 2.27. The average molecular weight is 319 g/mol. The summed E-state index contributed by atoms with van der Waals surface area (Å²) in [7, 11) is 0. The third-order valence-corrected chi connectivity index (χ3v) is 2.52. The number of hydrogen-bond acceptors (Lipinski definition) is 2. The van der Waals surface area contributed by atoms with Gasteiger partial charge in [0, 0.05) is 12.5 Å². The van der Waals surface area contributed by atoms with Crippen LogP contribution in [0.2, 0.25) is 0 Å². The van der Waals surface area contributed by atoms with Crippen LogP contribution < -0.4 is 5.32 Å². The fraction of sp³-hybridized carbons (Fsp3) is 0.364. The first kappa shape index (κ1) is 17.2. The van der Waals surface area contributed by atoms with Gasteiger partial charge >= 0.3 is 12.4 Å². The molecule has 0 fully saturated rings. The Labute approximate surface area is 113 Å². The minimum absolute atomic E-state index is 0.133. The van der Waals surface area contributed by atoms with Crippen LogP contribution in [0.4, 0.5) is 36.4 Å². The molecular formula is C11H8F7NO2. The van der Waals surface area contributed by atoms with Gasteiger partial charge in [-0.15, -0.1) is 0 Å². The highest BCUT2D eigenvalue weighted by molar-refractivity contribution is 5.88. The summed E-state index contributed by atoms with van der Waals surface area (Å²) in [6.45, 7) is 0.967. The van der Waals surface area contributed by atoms with Crippen molar-refractivity contribution in [3.63, 3.8) is 0 Å². The molecule has 0 bridgehead atoms. The van der Waals surface area contributed by atoms with E-state index in [2.05, 4.69) is 0 Å². The number of benzene rings is 1. The minimum Gasteiger partial charge on any atom is -0.369 e. The molecule has 118 valence electrons. The molecule has 21 heavy (non-hydrogen) atoms. The first-order chi connectivity index (χ1) is 9.30. The number of nitrogens with one attached hydrogen (secondary N) is 1. The van der Waals surface area contributed by atoms with Crippen LogP contribution in [0.15, 0.2) is 18.2 Å². The summed E-state index contributed by atoms with van der Waals surface area (Å²) in [5.41, 5.74) is -7.57. The van der Waals surface area contributed by atoms with E-state index < -0.39 is 40.9 Å². The van der Waals surface area contributed by atoms with Crippen molar-refractivity contribution in [3.05, 3.63) is 29.6 Å². The predicted octanol–water partition coefficient (Wildman–Crippen LogP) is 3.10. The molecular weight excluding hydrogens is 311 g/mol. The molecule has 1 aromatic carbocycles. The number of carbonyl (C=O) groups is 1. The molecule has 2 N–H and O–H groups in total. The van der Waals surface area contributed by atoms with Gasteiger partial charge in [0.25, 0.3) is 5.60 Å². The Morgan fingerprint density at radius 2 is 1.57 bits per heavy atom. The zero-order valence-corrected chi connectivity index (χ0v) is 10.2. The molecule has 0 aliphatic rings. The van der Waals surface area contributed by atoms with Crippen molar-refractivity contribution < 1.29 is 40.6 Å². The lowest BCUT2D eigenvalue weighted by atomic mass is 9.92. The molecule has 0 heterocycles. The summed E-state index contributed by atoms with van der Waals surface area (Å²) < 4.78 is 88.9. The van der Waals surface area contributed by atoms with Gasteiger partial charge in [-0.2, -0.15) is 26.3 Å². The lowest BCUT2D eigenvalue weighted by Gasteiger charge is -2.32. The Kier molecular flexibility index (Phi) is 4.24. The first-order valence-electron chi connectivity index (χ1n) is 5.24. The zero-order chi connectivity index (χ0) is 16.6. The van der Waals surface area contributed by atoms with E-state index >= 15 is 0 Å². The van der Waals surface area contributed by atoms with E-state index in [1.807, 2.05) is 5.32 Å². The van der Waals surface area contributed by atoms with Crippen LogP contribution >= 0.6 is 0 Å². The highest BCUT2D eigenvalue weighted by Gasteiger charge is 2.71. The lowest BCUT2D eigenvalue weighted by Crippen LogP contribution is -2.54. The Morgan fingerprint density at radius 3 is 1.90 bits per heavy atom. The van der Waals surface area contributed by atoms with Crippen molar-refractivity contribution in [1.29, 1.82) is 0 Å². The lowest BCUT2D eigenvalue weighted by molar-refractivity contribution is -0.376. The van der Waals surface area contributed by atoms with E-state index in [1.165, 1.54) is 0 Å². The molecule has 0 radical (unpaired) electrons. The number of alkyl halides is 6. The molecule has 0 atom stereocenters. The molecule has 10 heteroatoms. The van der Waals surface area contributed by atoms with Gasteiger partial charge < -0.3 is 10.4 Å². The Hall–Kier alpha value is -1.84.